The van der Waals surface area contributed by atoms with Crippen molar-refractivity contribution in [1.82, 2.24) is 65.1 Å². The Kier molecular flexibility index (Phi) is 39.4. The fraction of sp³-hybridized carbons (Fsp3) is 0.291. The van der Waals surface area contributed by atoms with Gasteiger partial charge in [0, 0.05) is 137 Å². The van der Waals surface area contributed by atoms with E-state index in [2.05, 4.69) is 175 Å². The minimum atomic E-state index is 0. The van der Waals surface area contributed by atoms with Crippen LogP contribution in [0.25, 0.3) is 16.5 Å². The van der Waals surface area contributed by atoms with Crippen molar-refractivity contribution in [2.45, 2.75) is 34.1 Å². The smallest absolute Gasteiger partial charge is 0.231 e. The summed E-state index contributed by atoms with van der Waals surface area (Å²) in [6.45, 7) is 24.1. The highest BCUT2D eigenvalue weighted by Gasteiger charge is 2.21. The van der Waals surface area contributed by atoms with E-state index in [9.17, 15) is 4.79 Å². The predicted molar refractivity (Wildman–Crippen MR) is 502 cm³/mol. The van der Waals surface area contributed by atoms with Gasteiger partial charge in [-0.15, -0.1) is 0 Å². The van der Waals surface area contributed by atoms with E-state index < -0.39 is 0 Å². The van der Waals surface area contributed by atoms with Crippen LogP contribution in [0.4, 0.5) is 75.5 Å². The number of carbonyl (C=O) groups is 1. The van der Waals surface area contributed by atoms with Crippen molar-refractivity contribution < 1.29 is 29.9 Å². The van der Waals surface area contributed by atoms with Gasteiger partial charge in [0.1, 0.15) is 39.4 Å². The molecule has 12 aromatic rings. The van der Waals surface area contributed by atoms with Crippen LogP contribution >= 0.6 is 69.6 Å². The third kappa shape index (κ3) is 32.8. The number of ether oxygens (including phenoxy) is 5. The van der Waals surface area contributed by atoms with E-state index >= 15 is 0 Å². The van der Waals surface area contributed by atoms with Gasteiger partial charge in [0.2, 0.25) is 39.0 Å². The molecule has 5 saturated heterocycles. The Balaban J connectivity index is 0.000000171. The van der Waals surface area contributed by atoms with Crippen LogP contribution in [0.15, 0.2) is 187 Å². The highest BCUT2D eigenvalue weighted by atomic mass is 35.5. The molecule has 6 aromatic carbocycles. The molecule has 5 fully saturated rings. The molecule has 6 aromatic heterocycles. The molecule has 0 atom stereocenters. The van der Waals surface area contributed by atoms with Crippen molar-refractivity contribution >= 4 is 174 Å². The number of hydrogen-bond donors (Lipinski definition) is 11. The first kappa shape index (κ1) is 95.6. The third-order valence-corrected chi connectivity index (χ3v) is 19.7. The van der Waals surface area contributed by atoms with Gasteiger partial charge in [0.15, 0.2) is 12.1 Å². The summed E-state index contributed by atoms with van der Waals surface area (Å²) in [4.78, 5) is 67.4. The zero-order chi connectivity index (χ0) is 88.5. The lowest BCUT2D eigenvalue weighted by molar-refractivity contribution is 0.109. The fourth-order valence-electron chi connectivity index (χ4n) is 12.2. The Morgan fingerprint density at radius 1 is 0.448 bits per heavy atom. The Labute approximate surface area is 756 Å². The topological polar surface area (TPSA) is 418 Å². The monoisotopic (exact) mass is 1820 g/mol. The molecule has 0 radical (unpaired) electrons. The zero-order valence-electron chi connectivity index (χ0n) is 69.4. The van der Waals surface area contributed by atoms with E-state index in [1.54, 1.807) is 18.3 Å². The molecule has 1 aliphatic carbocycles. The van der Waals surface area contributed by atoms with Crippen LogP contribution in [0.1, 0.15) is 45.2 Å². The number of carbonyl (C=O) groups excluding carboxylic acids is 1. The van der Waals surface area contributed by atoms with Crippen LogP contribution in [0.5, 0.6) is 0 Å². The third-order valence-electron chi connectivity index (χ3n) is 18.7. The van der Waals surface area contributed by atoms with Gasteiger partial charge in [0.25, 0.3) is 0 Å². The number of aryl methyl sites for hydroxylation is 4. The zero-order valence-corrected chi connectivity index (χ0v) is 73.9. The first-order chi connectivity index (χ1) is 60.8. The van der Waals surface area contributed by atoms with Gasteiger partial charge in [-0.1, -0.05) is 143 Å². The lowest BCUT2D eigenvalue weighted by Gasteiger charge is -2.28. The quantitative estimate of drug-likeness (QED) is 0.00663. The summed E-state index contributed by atoms with van der Waals surface area (Å²) in [5, 5.41) is 19.3. The molecule has 33 nitrogen and oxygen atoms in total. The number of nitrogens with zero attached hydrogens (tertiary/aromatic N) is 16. The molecule has 13 N–H and O–H groups in total. The van der Waals surface area contributed by atoms with Gasteiger partial charge in [0.05, 0.1) is 72.3 Å². The second-order valence-electron chi connectivity index (χ2n) is 27.8. The number of morpholine rings is 5. The Hall–Kier alpha value is -11.7. The van der Waals surface area contributed by atoms with Crippen LogP contribution in [-0.4, -0.2) is 204 Å². The molecule has 0 unspecified atom stereocenters. The van der Waals surface area contributed by atoms with Crippen LogP contribution in [0.2, 0.25) is 31.4 Å². The number of benzene rings is 6. The number of nitrogens with two attached hydrogens (primary N) is 2. The number of fused-ring (bicyclic) bond motifs is 2. The second kappa shape index (κ2) is 51.6. The second-order valence-corrected chi connectivity index (χ2v) is 29.9. The number of aldehydes is 1. The Morgan fingerprint density at radius 3 is 1.26 bits per heavy atom. The summed E-state index contributed by atoms with van der Waals surface area (Å²) < 4.78 is 26.5. The summed E-state index contributed by atoms with van der Waals surface area (Å²) in [5.41, 5.74) is 35.0. The highest BCUT2D eigenvalue weighted by Crippen LogP contribution is 2.29. The molecule has 5 aliphatic heterocycles. The van der Waals surface area contributed by atoms with Crippen molar-refractivity contribution in [2.75, 3.05) is 184 Å². The maximum absolute atomic E-state index is 10.5. The summed E-state index contributed by atoms with van der Waals surface area (Å²) in [6.07, 6.45) is 7.57. The van der Waals surface area contributed by atoms with Gasteiger partial charge in [-0.25, -0.2) is 31.9 Å². The number of nitrogens with one attached hydrogen (secondary N) is 9. The molecule has 0 bridgehead atoms. The molecule has 0 amide bonds. The molecule has 658 valence electrons. The van der Waals surface area contributed by atoms with E-state index in [0.717, 1.165) is 159 Å². The number of hydrogen-bond acceptors (Lipinski definition) is 32. The largest absolute Gasteiger partial charge is 0.399 e. The first-order valence-corrected chi connectivity index (χ1v) is 42.1. The standard InChI is InChI=1S/C25H26N6O.C15H17ClN4O.C15H20N6O.C9H7NO.C8H9Cl2N3O.C7H9N.C4H9NO.C3Cl3N3.H2N2.H2/c1-18-6-10-21(11-7-18)27-25-28-23(16-24(29-25)31-12-14-32-15-13-31)30-26-17-20-9-8-19-4-2-3-5-22(19)20;1-11-2-4-12(5-3-11)17-15-18-13(16)10-14(19-15)20-6-8-21-9-7-20;1-11-2-4-12(5-3-11)17-15-18-13(20-16)10-14(19-15)21-6-8-22-9-7-21;11-6-7-5-10-9-4-2-1-3-8(7)9;9-6-5-7(12-8(10)11-6)13-1-3-14-4-2-13;1-6-2-4-7(8)5-3-6;1-3-6-4-2-5-1;4-1-7-2(5)9-3(6)8-1;1-2;/h2-7,9-11,16-17H,8,12-15H2,1H3,(H2,27,28,29,30);2-5,10H,6-9H2,1H3,(H,17,18,19);2-5,10H,6-9,16H2,1H3,(H2,17,18,19,20);1-6,10H;5H,1-4H2;2-5H,8H2,1H3;5H,1-4H2;;1-2H;1H/b26-17+;;;;;;;;;. The van der Waals surface area contributed by atoms with Gasteiger partial charge < -0.3 is 80.7 Å². The molecule has 39 heteroatoms. The number of para-hydroxylation sites is 1. The van der Waals surface area contributed by atoms with Crippen LogP contribution in [-0.2, 0) is 30.1 Å². The van der Waals surface area contributed by atoms with Crippen LogP contribution in [0.3, 0.4) is 0 Å². The van der Waals surface area contributed by atoms with Crippen molar-refractivity contribution in [3.8, 4) is 0 Å². The Bertz CT molecular complexity index is 5270. The number of H-pyrrole nitrogens is 1. The van der Waals surface area contributed by atoms with Crippen LogP contribution < -0.4 is 63.3 Å². The van der Waals surface area contributed by atoms with Crippen molar-refractivity contribution in [2.24, 2.45) is 10.9 Å². The molecule has 0 spiro atoms. The SMILES string of the molecule is C1COCCN1.Cc1ccc(N)cc1.Cc1ccc(Nc2nc(Cl)cc(N3CCOCC3)n2)cc1.Cc1ccc(Nc2nc(N/N=C/C3=CCc4ccccc43)cc(N3CCOCC3)n2)cc1.Cc1ccc(Nc2nc(NN)cc(N3CCOCC3)n2)cc1.Clc1cc(N2CCOCC2)nc(Cl)n1.Clc1nc(Cl)nc(Cl)n1.N=N.O=Cc1c[nH]c2ccccc12.[HH]. The van der Waals surface area contributed by atoms with Gasteiger partial charge >= 0.3 is 0 Å². The lowest BCUT2D eigenvalue weighted by atomic mass is 10.1. The molecule has 0 saturated carbocycles. The van der Waals surface area contributed by atoms with Gasteiger partial charge in [-0.2, -0.15) is 45.0 Å². The molecular formula is C86H101Cl6N27O6. The maximum atomic E-state index is 10.5. The van der Waals surface area contributed by atoms with E-state index in [-0.39, 0.29) is 22.6 Å². The molecule has 6 aliphatic rings. The Morgan fingerprint density at radius 2 is 0.832 bits per heavy atom. The lowest BCUT2D eigenvalue weighted by Crippen LogP contribution is -2.37. The number of hydrazine groups is 1. The number of aromatic nitrogens is 12. The van der Waals surface area contributed by atoms with E-state index in [0.29, 0.717) is 92.6 Å². The highest BCUT2D eigenvalue weighted by molar-refractivity contribution is 6.33. The molecular weight excluding hydrogens is 1720 g/mol. The van der Waals surface area contributed by atoms with Gasteiger partial charge in [-0.05, 0) is 152 Å². The number of anilines is 13. The summed E-state index contributed by atoms with van der Waals surface area (Å²) in [5.74, 6) is 11.6. The van der Waals surface area contributed by atoms with Gasteiger partial charge in [-0.3, -0.25) is 10.2 Å². The number of hydrazone groups is 1. The average molecular weight is 1820 g/mol. The normalized spacial score (nSPS) is 14.4. The number of nitrogen functional groups attached to an aromatic ring is 2. The first-order valence-electron chi connectivity index (χ1n) is 39.8. The molecule has 11 heterocycles. The number of halogens is 6. The molecule has 18 rings (SSSR count). The maximum Gasteiger partial charge on any atom is 0.231 e. The van der Waals surface area contributed by atoms with Crippen molar-refractivity contribution in [3.05, 3.63) is 253 Å². The van der Waals surface area contributed by atoms with E-state index in [1.807, 2.05) is 134 Å². The van der Waals surface area contributed by atoms with Crippen molar-refractivity contribution in [1.29, 1.82) is 11.1 Å². The minimum Gasteiger partial charge on any atom is -0.399 e. The van der Waals surface area contributed by atoms with E-state index in [1.165, 1.54) is 33.4 Å². The minimum absolute atomic E-state index is 0. The number of allylic oxidation sites excluding steroid dienone is 2. The average Bonchev–Trinajstić information content (AvgIpc) is 1.71. The van der Waals surface area contributed by atoms with Crippen molar-refractivity contribution in [3.63, 3.8) is 0 Å². The number of aromatic amines is 1. The summed E-state index contributed by atoms with van der Waals surface area (Å²) in [6, 6.07) is 55.5. The fourth-order valence-corrected chi connectivity index (χ4v) is 13.4. The summed E-state index contributed by atoms with van der Waals surface area (Å²) >= 11 is 33.5. The number of rotatable bonds is 15. The van der Waals surface area contributed by atoms with Crippen LogP contribution in [0, 0.1) is 38.8 Å². The summed E-state index contributed by atoms with van der Waals surface area (Å²) in [7, 11) is 0. The van der Waals surface area contributed by atoms with E-state index in [4.69, 9.17) is 121 Å². The predicted octanol–water partition coefficient (Wildman–Crippen LogP) is 16.5. The molecule has 125 heavy (non-hydrogen) atoms.